The van der Waals surface area contributed by atoms with Crippen molar-refractivity contribution >= 4 is 6.09 Å². The summed E-state index contributed by atoms with van der Waals surface area (Å²) in [5.74, 6) is 1.05. The molecule has 0 spiro atoms. The van der Waals surface area contributed by atoms with Crippen LogP contribution in [0.2, 0.25) is 0 Å². The number of aryl methyl sites for hydroxylation is 1. The summed E-state index contributed by atoms with van der Waals surface area (Å²) in [7, 11) is 0. The minimum atomic E-state index is -0.446. The molecule has 0 saturated carbocycles. The van der Waals surface area contributed by atoms with Crippen LogP contribution in [0.4, 0.5) is 4.79 Å². The highest BCUT2D eigenvalue weighted by atomic mass is 16.6. The molecule has 0 aliphatic rings. The van der Waals surface area contributed by atoms with Gasteiger partial charge in [-0.15, -0.1) is 0 Å². The second-order valence-electron chi connectivity index (χ2n) is 6.00. The summed E-state index contributed by atoms with van der Waals surface area (Å²) in [5.41, 5.74) is -0.446. The van der Waals surface area contributed by atoms with E-state index in [9.17, 15) is 4.79 Å². The molecular weight excluding hydrogens is 268 g/mol. The Kier molecular flexibility index (Phi) is 7.22. The lowest BCUT2D eigenvalue weighted by atomic mass is 10.2. The van der Waals surface area contributed by atoms with Gasteiger partial charge in [0, 0.05) is 25.5 Å². The number of nitrogens with one attached hydrogen (secondary N) is 2. The lowest BCUT2D eigenvalue weighted by Crippen LogP contribution is -2.34. The predicted molar refractivity (Wildman–Crippen MR) is 83.1 cm³/mol. The lowest BCUT2D eigenvalue weighted by Gasteiger charge is -2.19. The van der Waals surface area contributed by atoms with Gasteiger partial charge in [-0.2, -0.15) is 0 Å². The van der Waals surface area contributed by atoms with Gasteiger partial charge < -0.3 is 19.9 Å². The van der Waals surface area contributed by atoms with E-state index >= 15 is 0 Å². The lowest BCUT2D eigenvalue weighted by molar-refractivity contribution is 0.0527. The van der Waals surface area contributed by atoms with Crippen molar-refractivity contribution < 1.29 is 9.53 Å². The van der Waals surface area contributed by atoms with Gasteiger partial charge in [0.15, 0.2) is 0 Å². The van der Waals surface area contributed by atoms with Crippen LogP contribution in [0, 0.1) is 0 Å². The summed E-state index contributed by atoms with van der Waals surface area (Å²) in [6, 6.07) is 0. The van der Waals surface area contributed by atoms with Crippen LogP contribution in [0.25, 0.3) is 0 Å². The summed E-state index contributed by atoms with van der Waals surface area (Å²) < 4.78 is 7.32. The number of hydrogen-bond donors (Lipinski definition) is 2. The second-order valence-corrected chi connectivity index (χ2v) is 6.00. The number of rotatable bonds is 8. The topological polar surface area (TPSA) is 68.2 Å². The van der Waals surface area contributed by atoms with Gasteiger partial charge in [-0.1, -0.05) is 6.92 Å². The molecule has 0 aromatic carbocycles. The molecule has 1 aromatic heterocycles. The molecule has 0 aliphatic carbocycles. The third-order valence-electron chi connectivity index (χ3n) is 2.75. The van der Waals surface area contributed by atoms with E-state index < -0.39 is 5.60 Å². The van der Waals surface area contributed by atoms with Crippen molar-refractivity contribution in [3.63, 3.8) is 0 Å². The highest BCUT2D eigenvalue weighted by Crippen LogP contribution is 2.06. The molecule has 1 heterocycles. The van der Waals surface area contributed by atoms with E-state index in [1.165, 1.54) is 0 Å². The molecule has 1 aromatic rings. The second kappa shape index (κ2) is 8.67. The number of ether oxygens (including phenoxy) is 1. The first-order valence-electron chi connectivity index (χ1n) is 7.60. The van der Waals surface area contributed by atoms with Crippen LogP contribution in [0.1, 0.15) is 46.4 Å². The zero-order valence-corrected chi connectivity index (χ0v) is 13.6. The standard InChI is InChI=1S/C15H28N4O2/c1-5-10-19-11-9-17-13(19)12-16-7-6-8-18-14(20)21-15(2,3)4/h9,11,16H,5-8,10,12H2,1-4H3,(H,18,20). The van der Waals surface area contributed by atoms with Gasteiger partial charge in [0.05, 0.1) is 6.54 Å². The predicted octanol–water partition coefficient (Wildman–Crippen LogP) is 2.30. The number of aromatic nitrogens is 2. The van der Waals surface area contributed by atoms with Crippen LogP contribution in [0.15, 0.2) is 12.4 Å². The van der Waals surface area contributed by atoms with Crippen LogP contribution < -0.4 is 10.6 Å². The van der Waals surface area contributed by atoms with E-state index in [2.05, 4.69) is 27.1 Å². The molecule has 0 radical (unpaired) electrons. The maximum atomic E-state index is 11.4. The van der Waals surface area contributed by atoms with Crippen molar-refractivity contribution in [2.75, 3.05) is 13.1 Å². The largest absolute Gasteiger partial charge is 0.444 e. The Bertz CT molecular complexity index is 424. The molecule has 0 unspecified atom stereocenters. The van der Waals surface area contributed by atoms with Gasteiger partial charge in [0.1, 0.15) is 11.4 Å². The molecule has 0 aliphatic heterocycles. The Balaban J connectivity index is 2.09. The monoisotopic (exact) mass is 296 g/mol. The summed E-state index contributed by atoms with van der Waals surface area (Å²) in [6.45, 7) is 10.9. The first-order chi connectivity index (χ1) is 9.92. The average molecular weight is 296 g/mol. The molecule has 2 N–H and O–H groups in total. The van der Waals surface area contributed by atoms with E-state index in [0.29, 0.717) is 6.54 Å². The third kappa shape index (κ3) is 7.70. The highest BCUT2D eigenvalue weighted by molar-refractivity contribution is 5.67. The number of imidazole rings is 1. The summed E-state index contributed by atoms with van der Waals surface area (Å²) in [5, 5.41) is 6.08. The normalized spacial score (nSPS) is 11.4. The van der Waals surface area contributed by atoms with Crippen molar-refractivity contribution in [1.29, 1.82) is 0 Å². The molecule has 6 heteroatoms. The smallest absolute Gasteiger partial charge is 0.407 e. The molecular formula is C15H28N4O2. The molecule has 21 heavy (non-hydrogen) atoms. The molecule has 0 saturated heterocycles. The van der Waals surface area contributed by atoms with E-state index in [0.717, 1.165) is 38.3 Å². The maximum Gasteiger partial charge on any atom is 0.407 e. The highest BCUT2D eigenvalue weighted by Gasteiger charge is 2.15. The Morgan fingerprint density at radius 1 is 1.38 bits per heavy atom. The minimum absolute atomic E-state index is 0.360. The van der Waals surface area contributed by atoms with E-state index in [-0.39, 0.29) is 6.09 Å². The fourth-order valence-corrected chi connectivity index (χ4v) is 1.87. The van der Waals surface area contributed by atoms with Crippen molar-refractivity contribution in [2.24, 2.45) is 0 Å². The van der Waals surface area contributed by atoms with Crippen molar-refractivity contribution in [3.05, 3.63) is 18.2 Å². The van der Waals surface area contributed by atoms with Crippen LogP contribution >= 0.6 is 0 Å². The van der Waals surface area contributed by atoms with Crippen LogP contribution in [0.3, 0.4) is 0 Å². The van der Waals surface area contributed by atoms with Gasteiger partial charge >= 0.3 is 6.09 Å². The Morgan fingerprint density at radius 2 is 2.14 bits per heavy atom. The summed E-state index contributed by atoms with van der Waals surface area (Å²) in [4.78, 5) is 15.8. The zero-order chi connectivity index (χ0) is 15.7. The third-order valence-corrected chi connectivity index (χ3v) is 2.75. The van der Waals surface area contributed by atoms with E-state index in [1.54, 1.807) is 0 Å². The number of carbonyl (C=O) groups excluding carboxylic acids is 1. The first kappa shape index (κ1) is 17.5. The number of amides is 1. The minimum Gasteiger partial charge on any atom is -0.444 e. The van der Waals surface area contributed by atoms with Crippen molar-refractivity contribution in [3.8, 4) is 0 Å². The Hall–Kier alpha value is -1.56. The van der Waals surface area contributed by atoms with Crippen LogP contribution in [-0.2, 0) is 17.8 Å². The number of carbonyl (C=O) groups is 1. The first-order valence-corrected chi connectivity index (χ1v) is 7.60. The molecule has 6 nitrogen and oxygen atoms in total. The number of nitrogens with zero attached hydrogens (tertiary/aromatic N) is 2. The van der Waals surface area contributed by atoms with Gasteiger partial charge in [0.2, 0.25) is 0 Å². The molecule has 1 amide bonds. The molecule has 1 rings (SSSR count). The SMILES string of the molecule is CCCn1ccnc1CNCCCNC(=O)OC(C)(C)C. The zero-order valence-electron chi connectivity index (χ0n) is 13.6. The van der Waals surface area contributed by atoms with E-state index in [1.807, 2.05) is 33.2 Å². The summed E-state index contributed by atoms with van der Waals surface area (Å²) in [6.07, 6.45) is 5.43. The molecule has 0 fully saturated rings. The number of hydrogen-bond acceptors (Lipinski definition) is 4. The molecule has 0 atom stereocenters. The molecule has 120 valence electrons. The summed E-state index contributed by atoms with van der Waals surface area (Å²) >= 11 is 0. The fourth-order valence-electron chi connectivity index (χ4n) is 1.87. The maximum absolute atomic E-state index is 11.4. The Labute approximate surface area is 127 Å². The fraction of sp³-hybridized carbons (Fsp3) is 0.733. The Morgan fingerprint density at radius 3 is 2.81 bits per heavy atom. The van der Waals surface area contributed by atoms with E-state index in [4.69, 9.17) is 4.74 Å². The van der Waals surface area contributed by atoms with Crippen molar-refractivity contribution in [1.82, 2.24) is 20.2 Å². The van der Waals surface area contributed by atoms with Gasteiger partial charge in [-0.25, -0.2) is 9.78 Å². The van der Waals surface area contributed by atoms with Gasteiger partial charge in [0.25, 0.3) is 0 Å². The average Bonchev–Trinajstić information content (AvgIpc) is 2.79. The molecule has 0 bridgehead atoms. The number of alkyl carbamates (subject to hydrolysis) is 1. The van der Waals surface area contributed by atoms with Crippen LogP contribution in [-0.4, -0.2) is 34.3 Å². The van der Waals surface area contributed by atoms with Crippen LogP contribution in [0.5, 0.6) is 0 Å². The van der Waals surface area contributed by atoms with Gasteiger partial charge in [-0.3, -0.25) is 0 Å². The van der Waals surface area contributed by atoms with Crippen molar-refractivity contribution in [2.45, 2.75) is 59.2 Å². The van der Waals surface area contributed by atoms with Gasteiger partial charge in [-0.05, 0) is 40.2 Å². The quantitative estimate of drug-likeness (QED) is 0.722.